The van der Waals surface area contributed by atoms with Crippen LogP contribution in [0.3, 0.4) is 0 Å². The Bertz CT molecular complexity index is 1330. The SMILES string of the molecule is CCOc1ccc(NC(=O)Cn2nc3c(Sc4ccc(C)cc4C)nccn3c2=O)cc1. The third kappa shape index (κ3) is 4.67. The Morgan fingerprint density at radius 2 is 1.94 bits per heavy atom. The highest BCUT2D eigenvalue weighted by atomic mass is 32.2. The fraction of sp³-hybridized carbons (Fsp3) is 0.217. The Labute approximate surface area is 189 Å². The molecular formula is C23H23N5O3S. The van der Waals surface area contributed by atoms with Gasteiger partial charge in [-0.25, -0.2) is 18.9 Å². The highest BCUT2D eigenvalue weighted by Crippen LogP contribution is 2.31. The van der Waals surface area contributed by atoms with E-state index in [2.05, 4.69) is 21.5 Å². The fourth-order valence-corrected chi connectivity index (χ4v) is 4.16. The zero-order valence-electron chi connectivity index (χ0n) is 18.0. The van der Waals surface area contributed by atoms with Gasteiger partial charge in [-0.1, -0.05) is 29.5 Å². The molecule has 1 amide bonds. The van der Waals surface area contributed by atoms with E-state index in [-0.39, 0.29) is 12.5 Å². The van der Waals surface area contributed by atoms with Gasteiger partial charge in [0.15, 0.2) is 5.65 Å². The van der Waals surface area contributed by atoms with Crippen LogP contribution < -0.4 is 15.7 Å². The number of nitrogens with zero attached hydrogens (tertiary/aromatic N) is 4. The number of nitrogens with one attached hydrogen (secondary N) is 1. The first-order valence-corrected chi connectivity index (χ1v) is 11.0. The maximum atomic E-state index is 12.8. The lowest BCUT2D eigenvalue weighted by Gasteiger charge is -2.07. The Balaban J connectivity index is 1.54. The average Bonchev–Trinajstić information content (AvgIpc) is 3.08. The van der Waals surface area contributed by atoms with Gasteiger partial charge >= 0.3 is 5.69 Å². The maximum absolute atomic E-state index is 12.8. The summed E-state index contributed by atoms with van der Waals surface area (Å²) >= 11 is 1.44. The van der Waals surface area contributed by atoms with Crippen molar-refractivity contribution in [1.29, 1.82) is 0 Å². The minimum Gasteiger partial charge on any atom is -0.494 e. The molecule has 9 heteroatoms. The van der Waals surface area contributed by atoms with Gasteiger partial charge in [-0.3, -0.25) is 4.79 Å². The molecule has 0 saturated heterocycles. The van der Waals surface area contributed by atoms with Gasteiger partial charge in [0.1, 0.15) is 17.3 Å². The van der Waals surface area contributed by atoms with E-state index in [0.29, 0.717) is 23.0 Å². The van der Waals surface area contributed by atoms with Crippen molar-refractivity contribution in [3.8, 4) is 5.75 Å². The van der Waals surface area contributed by atoms with Gasteiger partial charge in [-0.2, -0.15) is 0 Å². The number of benzene rings is 2. The molecule has 2 heterocycles. The van der Waals surface area contributed by atoms with Gasteiger partial charge in [0.2, 0.25) is 5.91 Å². The third-order valence-electron chi connectivity index (χ3n) is 4.75. The topological polar surface area (TPSA) is 90.5 Å². The number of carbonyl (C=O) groups is 1. The lowest BCUT2D eigenvalue weighted by molar-refractivity contribution is -0.117. The molecule has 164 valence electrons. The molecule has 0 aliphatic carbocycles. The number of aromatic nitrogens is 4. The Morgan fingerprint density at radius 3 is 2.66 bits per heavy atom. The molecule has 0 aliphatic heterocycles. The van der Waals surface area contributed by atoms with Gasteiger partial charge < -0.3 is 10.1 Å². The maximum Gasteiger partial charge on any atom is 0.350 e. The van der Waals surface area contributed by atoms with Crippen LogP contribution in [0, 0.1) is 13.8 Å². The van der Waals surface area contributed by atoms with Crippen LogP contribution >= 0.6 is 11.8 Å². The number of hydrogen-bond donors (Lipinski definition) is 1. The predicted molar refractivity (Wildman–Crippen MR) is 124 cm³/mol. The predicted octanol–water partition coefficient (Wildman–Crippen LogP) is 3.70. The molecule has 4 aromatic rings. The van der Waals surface area contributed by atoms with E-state index in [1.807, 2.05) is 32.9 Å². The molecule has 8 nitrogen and oxygen atoms in total. The van der Waals surface area contributed by atoms with Crippen LogP contribution in [0.1, 0.15) is 18.1 Å². The number of ether oxygens (including phenoxy) is 1. The van der Waals surface area contributed by atoms with Crippen LogP contribution in [0.25, 0.3) is 5.65 Å². The number of anilines is 1. The molecule has 0 bridgehead atoms. The van der Waals surface area contributed by atoms with Crippen molar-refractivity contribution in [2.45, 2.75) is 37.2 Å². The number of aryl methyl sites for hydroxylation is 2. The number of fused-ring (bicyclic) bond motifs is 1. The summed E-state index contributed by atoms with van der Waals surface area (Å²) in [5, 5.41) is 7.75. The molecule has 0 spiro atoms. The van der Waals surface area contributed by atoms with E-state index < -0.39 is 5.69 Å². The molecule has 0 saturated carbocycles. The molecule has 2 aromatic carbocycles. The van der Waals surface area contributed by atoms with Gasteiger partial charge in [0.05, 0.1) is 6.61 Å². The van der Waals surface area contributed by atoms with Gasteiger partial charge in [0.25, 0.3) is 0 Å². The first kappa shape index (κ1) is 21.6. The summed E-state index contributed by atoms with van der Waals surface area (Å²) in [6.45, 7) is 6.34. The second-order valence-corrected chi connectivity index (χ2v) is 8.27. The van der Waals surface area contributed by atoms with E-state index in [1.165, 1.54) is 21.7 Å². The van der Waals surface area contributed by atoms with Crippen molar-refractivity contribution in [3.05, 3.63) is 76.5 Å². The zero-order valence-corrected chi connectivity index (χ0v) is 18.8. The van der Waals surface area contributed by atoms with Crippen molar-refractivity contribution in [2.75, 3.05) is 11.9 Å². The first-order valence-electron chi connectivity index (χ1n) is 10.2. The molecule has 32 heavy (non-hydrogen) atoms. The number of carbonyl (C=O) groups excluding carboxylic acids is 1. The van der Waals surface area contributed by atoms with E-state index in [0.717, 1.165) is 20.9 Å². The second kappa shape index (κ2) is 9.27. The van der Waals surface area contributed by atoms with Crippen LogP contribution in [0.5, 0.6) is 5.75 Å². The average molecular weight is 450 g/mol. The van der Waals surface area contributed by atoms with Crippen molar-refractivity contribution in [2.24, 2.45) is 0 Å². The van der Waals surface area contributed by atoms with Crippen LogP contribution in [0.4, 0.5) is 5.69 Å². The number of hydrogen-bond acceptors (Lipinski definition) is 6. The molecule has 0 radical (unpaired) electrons. The summed E-state index contributed by atoms with van der Waals surface area (Å²) in [5.41, 5.74) is 2.93. The molecule has 0 unspecified atom stereocenters. The molecule has 2 aromatic heterocycles. The van der Waals surface area contributed by atoms with Crippen molar-refractivity contribution in [3.63, 3.8) is 0 Å². The second-order valence-electron chi connectivity index (χ2n) is 7.24. The van der Waals surface area contributed by atoms with Crippen molar-refractivity contribution in [1.82, 2.24) is 19.2 Å². The largest absolute Gasteiger partial charge is 0.494 e. The minimum absolute atomic E-state index is 0.207. The minimum atomic E-state index is -0.397. The first-order chi connectivity index (χ1) is 15.4. The Morgan fingerprint density at radius 1 is 1.16 bits per heavy atom. The lowest BCUT2D eigenvalue weighted by atomic mass is 10.2. The molecule has 0 fully saturated rings. The highest BCUT2D eigenvalue weighted by molar-refractivity contribution is 7.99. The smallest absolute Gasteiger partial charge is 0.350 e. The van der Waals surface area contributed by atoms with Gasteiger partial charge in [-0.15, -0.1) is 5.10 Å². The highest BCUT2D eigenvalue weighted by Gasteiger charge is 2.16. The summed E-state index contributed by atoms with van der Waals surface area (Å²) in [6, 6.07) is 13.2. The molecular weight excluding hydrogens is 426 g/mol. The fourth-order valence-electron chi connectivity index (χ4n) is 3.26. The molecule has 1 N–H and O–H groups in total. The normalized spacial score (nSPS) is 11.0. The van der Waals surface area contributed by atoms with Gasteiger partial charge in [-0.05, 0) is 56.7 Å². The zero-order chi connectivity index (χ0) is 22.7. The Hall–Kier alpha value is -3.59. The summed E-state index contributed by atoms with van der Waals surface area (Å²) in [7, 11) is 0. The summed E-state index contributed by atoms with van der Waals surface area (Å²) in [4.78, 5) is 30.7. The van der Waals surface area contributed by atoms with E-state index in [1.54, 1.807) is 36.7 Å². The van der Waals surface area contributed by atoms with Crippen molar-refractivity contribution < 1.29 is 9.53 Å². The van der Waals surface area contributed by atoms with Crippen LogP contribution in [-0.4, -0.2) is 31.7 Å². The molecule has 0 aliphatic rings. The van der Waals surface area contributed by atoms with E-state index >= 15 is 0 Å². The van der Waals surface area contributed by atoms with Crippen LogP contribution in [0.2, 0.25) is 0 Å². The quantitative estimate of drug-likeness (QED) is 0.463. The molecule has 4 rings (SSSR count). The van der Waals surface area contributed by atoms with E-state index in [4.69, 9.17) is 4.74 Å². The molecule has 0 atom stereocenters. The van der Waals surface area contributed by atoms with Crippen molar-refractivity contribution >= 4 is 29.0 Å². The number of amides is 1. The monoisotopic (exact) mass is 449 g/mol. The van der Waals surface area contributed by atoms with Gasteiger partial charge in [0, 0.05) is 23.0 Å². The van der Waals surface area contributed by atoms with Crippen LogP contribution in [-0.2, 0) is 11.3 Å². The van der Waals surface area contributed by atoms with Crippen LogP contribution in [0.15, 0.2) is 69.6 Å². The lowest BCUT2D eigenvalue weighted by Crippen LogP contribution is -2.28. The van der Waals surface area contributed by atoms with E-state index in [9.17, 15) is 9.59 Å². The summed E-state index contributed by atoms with van der Waals surface area (Å²) < 4.78 is 7.95. The summed E-state index contributed by atoms with van der Waals surface area (Å²) in [5.74, 6) is 0.375. The standard InChI is InChI=1S/C23H23N5O3S/c1-4-31-18-8-6-17(7-9-18)25-20(29)14-28-23(30)27-12-11-24-22(21(27)26-28)32-19-10-5-15(2)13-16(19)3/h5-13H,4,14H2,1-3H3,(H,25,29). The summed E-state index contributed by atoms with van der Waals surface area (Å²) in [6.07, 6.45) is 3.11. The number of rotatable bonds is 7. The Kier molecular flexibility index (Phi) is 6.27. The third-order valence-corrected chi connectivity index (χ3v) is 5.91.